The molecule has 0 aromatic heterocycles. The van der Waals surface area contributed by atoms with Gasteiger partial charge in [0.05, 0.1) is 0 Å². The highest BCUT2D eigenvalue weighted by Crippen LogP contribution is 2.31. The van der Waals surface area contributed by atoms with Crippen LogP contribution in [0.25, 0.3) is 0 Å². The van der Waals surface area contributed by atoms with Gasteiger partial charge in [-0.25, -0.2) is 0 Å². The van der Waals surface area contributed by atoms with Crippen LogP contribution in [0.3, 0.4) is 0 Å². The van der Waals surface area contributed by atoms with E-state index in [2.05, 4.69) is 24.1 Å². The Hall–Kier alpha value is -0.260. The zero-order chi connectivity index (χ0) is 13.9. The van der Waals surface area contributed by atoms with Crippen LogP contribution in [0.4, 0.5) is 0 Å². The first-order chi connectivity index (χ1) is 9.00. The number of nitrogens with one attached hydrogen (secondary N) is 1. The molecule has 0 aromatic carbocycles. The summed E-state index contributed by atoms with van der Waals surface area (Å²) in [5, 5.41) is 3.06. The number of thioether (sulfide) groups is 1. The fourth-order valence-corrected chi connectivity index (χ4v) is 3.60. The number of nitrogens with zero attached hydrogens (tertiary/aromatic N) is 1. The van der Waals surface area contributed by atoms with Gasteiger partial charge in [-0.05, 0) is 25.8 Å². The second-order valence-electron chi connectivity index (χ2n) is 6.33. The number of nitrogens with two attached hydrogens (primary N) is 1. The summed E-state index contributed by atoms with van der Waals surface area (Å²) in [5.41, 5.74) is 5.89. The number of carbonyl (C=O) groups is 1. The van der Waals surface area contributed by atoms with Crippen LogP contribution < -0.4 is 11.1 Å². The first kappa shape index (κ1) is 15.1. The van der Waals surface area contributed by atoms with Gasteiger partial charge in [-0.3, -0.25) is 9.69 Å². The van der Waals surface area contributed by atoms with Gasteiger partial charge in [-0.1, -0.05) is 13.8 Å². The van der Waals surface area contributed by atoms with E-state index in [1.807, 2.05) is 11.8 Å². The molecule has 1 atom stereocenters. The van der Waals surface area contributed by atoms with Gasteiger partial charge in [0, 0.05) is 42.1 Å². The Morgan fingerprint density at radius 1 is 1.47 bits per heavy atom. The Labute approximate surface area is 120 Å². The van der Waals surface area contributed by atoms with Crippen LogP contribution in [-0.2, 0) is 4.79 Å². The number of carbonyl (C=O) groups excluding carboxylic acids is 1. The second kappa shape index (κ2) is 6.46. The highest BCUT2D eigenvalue weighted by atomic mass is 32.2. The van der Waals surface area contributed by atoms with Crippen LogP contribution in [0, 0.1) is 0 Å². The maximum Gasteiger partial charge on any atom is 0.221 e. The monoisotopic (exact) mass is 285 g/mol. The molecule has 1 saturated carbocycles. The minimum Gasteiger partial charge on any atom is -0.353 e. The Kier molecular flexibility index (Phi) is 5.15. The largest absolute Gasteiger partial charge is 0.353 e. The molecule has 4 nitrogen and oxygen atoms in total. The standard InChI is InChI=1S/C14H27N3OS/c1-14(2)5-6-17(7-8-19-14)12(10-15)9-13(18)16-11-3-4-11/h11-12H,3-10,15H2,1-2H3,(H,16,18). The predicted octanol–water partition coefficient (Wildman–Crippen LogP) is 1.20. The predicted molar refractivity (Wildman–Crippen MR) is 81.4 cm³/mol. The lowest BCUT2D eigenvalue weighted by Gasteiger charge is -2.29. The molecule has 3 N–H and O–H groups in total. The normalized spacial score (nSPS) is 25.6. The maximum atomic E-state index is 11.9. The van der Waals surface area contributed by atoms with Crippen molar-refractivity contribution in [1.82, 2.24) is 10.2 Å². The highest BCUT2D eigenvalue weighted by Gasteiger charge is 2.29. The van der Waals surface area contributed by atoms with Crippen LogP contribution in [-0.4, -0.2) is 53.0 Å². The number of amides is 1. The summed E-state index contributed by atoms with van der Waals surface area (Å²) in [5.74, 6) is 1.31. The van der Waals surface area contributed by atoms with Crippen molar-refractivity contribution in [3.63, 3.8) is 0 Å². The average Bonchev–Trinajstić information content (AvgIpc) is 3.14. The van der Waals surface area contributed by atoms with Crippen LogP contribution in [0.2, 0.25) is 0 Å². The molecule has 1 heterocycles. The summed E-state index contributed by atoms with van der Waals surface area (Å²) >= 11 is 2.03. The molecule has 5 heteroatoms. The van der Waals surface area contributed by atoms with Gasteiger partial charge in [0.2, 0.25) is 5.91 Å². The minimum absolute atomic E-state index is 0.175. The van der Waals surface area contributed by atoms with Gasteiger partial charge < -0.3 is 11.1 Å². The number of hydrogen-bond acceptors (Lipinski definition) is 4. The third-order valence-corrected chi connectivity index (χ3v) is 5.40. The Balaban J connectivity index is 1.83. The van der Waals surface area contributed by atoms with E-state index in [-0.39, 0.29) is 11.9 Å². The summed E-state index contributed by atoms with van der Waals surface area (Å²) in [6.07, 6.45) is 4.01. The summed E-state index contributed by atoms with van der Waals surface area (Å²) in [6.45, 7) is 7.28. The lowest BCUT2D eigenvalue weighted by molar-refractivity contribution is -0.122. The fourth-order valence-electron chi connectivity index (χ4n) is 2.49. The Morgan fingerprint density at radius 2 is 2.21 bits per heavy atom. The molecule has 2 fully saturated rings. The summed E-state index contributed by atoms with van der Waals surface area (Å²) in [4.78, 5) is 14.3. The Bertz CT molecular complexity index is 318. The molecule has 2 rings (SSSR count). The molecule has 1 aliphatic carbocycles. The van der Waals surface area contributed by atoms with E-state index in [1.165, 1.54) is 6.42 Å². The molecule has 1 unspecified atom stereocenters. The third-order valence-electron chi connectivity index (χ3n) is 4.02. The van der Waals surface area contributed by atoms with Gasteiger partial charge in [-0.2, -0.15) is 11.8 Å². The average molecular weight is 285 g/mol. The molecule has 19 heavy (non-hydrogen) atoms. The number of rotatable bonds is 5. The van der Waals surface area contributed by atoms with Gasteiger partial charge in [-0.15, -0.1) is 0 Å². The zero-order valence-electron chi connectivity index (χ0n) is 12.2. The van der Waals surface area contributed by atoms with Crippen molar-refractivity contribution in [2.45, 2.75) is 56.4 Å². The van der Waals surface area contributed by atoms with E-state index in [4.69, 9.17) is 5.73 Å². The molecule has 110 valence electrons. The van der Waals surface area contributed by atoms with E-state index in [1.54, 1.807) is 0 Å². The van der Waals surface area contributed by atoms with Crippen molar-refractivity contribution >= 4 is 17.7 Å². The van der Waals surface area contributed by atoms with Crippen molar-refractivity contribution in [1.29, 1.82) is 0 Å². The molecule has 1 aliphatic heterocycles. The molecular weight excluding hydrogens is 258 g/mol. The second-order valence-corrected chi connectivity index (χ2v) is 8.13. The third kappa shape index (κ3) is 4.97. The highest BCUT2D eigenvalue weighted by molar-refractivity contribution is 8.00. The summed E-state index contributed by atoms with van der Waals surface area (Å²) < 4.78 is 0.351. The van der Waals surface area contributed by atoms with Gasteiger partial charge in [0.15, 0.2) is 0 Å². The van der Waals surface area contributed by atoms with Gasteiger partial charge in [0.25, 0.3) is 0 Å². The van der Waals surface area contributed by atoms with Crippen molar-refractivity contribution in [2.24, 2.45) is 5.73 Å². The molecule has 0 aromatic rings. The van der Waals surface area contributed by atoms with Gasteiger partial charge in [0.1, 0.15) is 0 Å². The quantitative estimate of drug-likeness (QED) is 0.797. The lowest BCUT2D eigenvalue weighted by Crippen LogP contribution is -2.45. The van der Waals surface area contributed by atoms with Crippen molar-refractivity contribution in [3.05, 3.63) is 0 Å². The molecule has 1 saturated heterocycles. The molecular formula is C14H27N3OS. The minimum atomic E-state index is 0.175. The first-order valence-corrected chi connectivity index (χ1v) is 8.36. The summed E-state index contributed by atoms with van der Waals surface area (Å²) in [7, 11) is 0. The molecule has 1 amide bonds. The molecule has 2 aliphatic rings. The van der Waals surface area contributed by atoms with E-state index < -0.39 is 0 Å². The smallest absolute Gasteiger partial charge is 0.221 e. The topological polar surface area (TPSA) is 58.4 Å². The zero-order valence-corrected chi connectivity index (χ0v) is 13.0. The van der Waals surface area contributed by atoms with Crippen molar-refractivity contribution in [2.75, 3.05) is 25.4 Å². The Morgan fingerprint density at radius 3 is 2.84 bits per heavy atom. The van der Waals surface area contributed by atoms with Crippen LogP contribution in [0.5, 0.6) is 0 Å². The van der Waals surface area contributed by atoms with Gasteiger partial charge >= 0.3 is 0 Å². The summed E-state index contributed by atoms with van der Waals surface area (Å²) in [6, 6.07) is 0.651. The molecule has 0 spiro atoms. The lowest BCUT2D eigenvalue weighted by atomic mass is 10.1. The SMILES string of the molecule is CC1(C)CCN(C(CN)CC(=O)NC2CC2)CCS1. The maximum absolute atomic E-state index is 11.9. The fraction of sp³-hybridized carbons (Fsp3) is 0.929. The van der Waals surface area contributed by atoms with Crippen LogP contribution in [0.1, 0.15) is 39.5 Å². The number of hydrogen-bond donors (Lipinski definition) is 2. The van der Waals surface area contributed by atoms with Crippen molar-refractivity contribution in [3.8, 4) is 0 Å². The molecule has 0 bridgehead atoms. The van der Waals surface area contributed by atoms with E-state index >= 15 is 0 Å². The van der Waals surface area contributed by atoms with Crippen LogP contribution in [0.15, 0.2) is 0 Å². The first-order valence-electron chi connectivity index (χ1n) is 7.37. The molecule has 0 radical (unpaired) electrons. The van der Waals surface area contributed by atoms with Crippen LogP contribution >= 0.6 is 11.8 Å². The van der Waals surface area contributed by atoms with E-state index in [0.717, 1.165) is 31.7 Å². The van der Waals surface area contributed by atoms with E-state index in [0.29, 0.717) is 23.8 Å². The van der Waals surface area contributed by atoms with Crippen molar-refractivity contribution < 1.29 is 4.79 Å². The van der Waals surface area contributed by atoms with E-state index in [9.17, 15) is 4.79 Å².